The van der Waals surface area contributed by atoms with Crippen molar-refractivity contribution in [2.45, 2.75) is 18.9 Å². The van der Waals surface area contributed by atoms with E-state index in [9.17, 15) is 4.79 Å². The van der Waals surface area contributed by atoms with Crippen LogP contribution in [0.5, 0.6) is 0 Å². The molecule has 1 atom stereocenters. The molecule has 0 unspecified atom stereocenters. The van der Waals surface area contributed by atoms with E-state index in [0.717, 1.165) is 19.4 Å². The van der Waals surface area contributed by atoms with Gasteiger partial charge in [-0.1, -0.05) is 0 Å². The number of hydrogen-bond acceptors (Lipinski definition) is 2. The number of rotatable bonds is 1. The maximum absolute atomic E-state index is 10.4. The molecule has 1 rings (SSSR count). The highest BCUT2D eigenvalue weighted by molar-refractivity contribution is 14.1. The van der Waals surface area contributed by atoms with Crippen molar-refractivity contribution in [2.24, 2.45) is 0 Å². The third-order valence-electron chi connectivity index (χ3n) is 1.47. The van der Waals surface area contributed by atoms with E-state index in [4.69, 9.17) is 5.11 Å². The first-order valence-corrected chi connectivity index (χ1v) is 3.83. The zero-order valence-electron chi connectivity index (χ0n) is 4.88. The van der Waals surface area contributed by atoms with Gasteiger partial charge in [0.2, 0.25) is 0 Å². The molecule has 0 radical (unpaired) electrons. The van der Waals surface area contributed by atoms with E-state index in [0.29, 0.717) is 0 Å². The molecule has 0 aliphatic carbocycles. The molecule has 0 aromatic heterocycles. The normalized spacial score (nSPS) is 28.8. The Morgan fingerprint density at radius 3 is 2.67 bits per heavy atom. The summed E-state index contributed by atoms with van der Waals surface area (Å²) in [5, 5.41) is 8.54. The Balaban J connectivity index is 2.49. The first-order chi connectivity index (χ1) is 4.22. The molecule has 0 amide bonds. The van der Waals surface area contributed by atoms with E-state index < -0.39 is 5.97 Å². The Morgan fingerprint density at radius 1 is 1.78 bits per heavy atom. The molecule has 9 heavy (non-hydrogen) atoms. The van der Waals surface area contributed by atoms with Crippen molar-refractivity contribution < 1.29 is 9.90 Å². The van der Waals surface area contributed by atoms with Crippen molar-refractivity contribution >= 4 is 28.8 Å². The smallest absolute Gasteiger partial charge is 0.321 e. The topological polar surface area (TPSA) is 40.5 Å². The summed E-state index contributed by atoms with van der Waals surface area (Å²) in [6, 6.07) is -0.231. The van der Waals surface area contributed by atoms with Crippen molar-refractivity contribution in [1.29, 1.82) is 0 Å². The summed E-state index contributed by atoms with van der Waals surface area (Å²) in [5.41, 5.74) is 0. The lowest BCUT2D eigenvalue weighted by atomic mass is 10.2. The fraction of sp³-hybridized carbons (Fsp3) is 0.800. The zero-order chi connectivity index (χ0) is 6.85. The van der Waals surface area contributed by atoms with E-state index >= 15 is 0 Å². The molecule has 0 saturated carbocycles. The lowest BCUT2D eigenvalue weighted by molar-refractivity contribution is -0.140. The van der Waals surface area contributed by atoms with Crippen LogP contribution in [0.2, 0.25) is 0 Å². The second-order valence-electron chi connectivity index (χ2n) is 2.12. The minimum atomic E-state index is -0.693. The van der Waals surface area contributed by atoms with E-state index in [2.05, 4.69) is 22.9 Å². The first kappa shape index (κ1) is 7.27. The van der Waals surface area contributed by atoms with E-state index in [1.807, 2.05) is 3.11 Å². The van der Waals surface area contributed by atoms with Crippen LogP contribution in [-0.4, -0.2) is 26.8 Å². The number of carbonyl (C=O) groups is 1. The summed E-state index contributed by atoms with van der Waals surface area (Å²) in [5.74, 6) is -0.693. The molecule has 1 aliphatic heterocycles. The number of carboxylic acids is 1. The Bertz CT molecular complexity index is 128. The van der Waals surface area contributed by atoms with Crippen LogP contribution in [0.3, 0.4) is 0 Å². The van der Waals surface area contributed by atoms with Gasteiger partial charge in [-0.25, -0.2) is 3.11 Å². The average molecular weight is 241 g/mol. The highest BCUT2D eigenvalue weighted by atomic mass is 127. The number of halogens is 1. The van der Waals surface area contributed by atoms with Gasteiger partial charge in [0.15, 0.2) is 0 Å². The molecule has 0 aromatic carbocycles. The highest BCUT2D eigenvalue weighted by Crippen LogP contribution is 2.20. The largest absolute Gasteiger partial charge is 0.480 e. The first-order valence-electron chi connectivity index (χ1n) is 2.87. The van der Waals surface area contributed by atoms with Gasteiger partial charge >= 0.3 is 5.97 Å². The van der Waals surface area contributed by atoms with Crippen LogP contribution in [0.25, 0.3) is 0 Å². The molecule has 0 bridgehead atoms. The third kappa shape index (κ3) is 1.54. The lowest BCUT2D eigenvalue weighted by Crippen LogP contribution is -2.27. The van der Waals surface area contributed by atoms with E-state index in [1.54, 1.807) is 0 Å². The van der Waals surface area contributed by atoms with Gasteiger partial charge in [-0.05, 0) is 12.8 Å². The summed E-state index contributed by atoms with van der Waals surface area (Å²) < 4.78 is 1.85. The maximum atomic E-state index is 10.4. The second kappa shape index (κ2) is 2.83. The standard InChI is InChI=1S/C5H8INO2/c6-7-3-1-2-4(7)5(8)9/h4H,1-3H2,(H,8,9)/t4-/m1/s1. The predicted molar refractivity (Wildman–Crippen MR) is 41.4 cm³/mol. The van der Waals surface area contributed by atoms with Crippen LogP contribution in [0.1, 0.15) is 12.8 Å². The Morgan fingerprint density at radius 2 is 2.44 bits per heavy atom. The number of nitrogens with zero attached hydrogens (tertiary/aromatic N) is 1. The molecule has 52 valence electrons. The van der Waals surface area contributed by atoms with Gasteiger partial charge < -0.3 is 5.11 Å². The van der Waals surface area contributed by atoms with Crippen molar-refractivity contribution in [3.8, 4) is 0 Å². The molecule has 3 nitrogen and oxygen atoms in total. The molecule has 1 saturated heterocycles. The Labute approximate surface area is 67.5 Å². The maximum Gasteiger partial charge on any atom is 0.321 e. The molecule has 0 aromatic rings. The molecule has 1 heterocycles. The van der Waals surface area contributed by atoms with Crippen molar-refractivity contribution in [2.75, 3.05) is 6.54 Å². The summed E-state index contributed by atoms with van der Waals surface area (Å²) in [4.78, 5) is 10.4. The van der Waals surface area contributed by atoms with Gasteiger partial charge in [-0.3, -0.25) is 4.79 Å². The third-order valence-corrected chi connectivity index (χ3v) is 2.63. The Hall–Kier alpha value is 0.160. The minimum absolute atomic E-state index is 0.231. The van der Waals surface area contributed by atoms with Crippen molar-refractivity contribution in [1.82, 2.24) is 3.11 Å². The predicted octanol–water partition coefficient (Wildman–Crippen LogP) is 0.885. The molecule has 4 heteroatoms. The van der Waals surface area contributed by atoms with Gasteiger partial charge in [-0.2, -0.15) is 0 Å². The van der Waals surface area contributed by atoms with E-state index in [1.165, 1.54) is 0 Å². The summed E-state index contributed by atoms with van der Waals surface area (Å²) >= 11 is 2.06. The van der Waals surface area contributed by atoms with Crippen molar-refractivity contribution in [3.05, 3.63) is 0 Å². The van der Waals surface area contributed by atoms with Crippen LogP contribution >= 0.6 is 22.9 Å². The summed E-state index contributed by atoms with van der Waals surface area (Å²) in [6.07, 6.45) is 1.82. The van der Waals surface area contributed by atoms with Crippen LogP contribution in [-0.2, 0) is 4.79 Å². The fourth-order valence-electron chi connectivity index (χ4n) is 0.975. The highest BCUT2D eigenvalue weighted by Gasteiger charge is 2.28. The zero-order valence-corrected chi connectivity index (χ0v) is 7.04. The SMILES string of the molecule is O=C(O)[C@H]1CCCN1I. The molecular formula is C5H8INO2. The summed E-state index contributed by atoms with van der Waals surface area (Å²) in [7, 11) is 0. The molecule has 0 spiro atoms. The van der Waals surface area contributed by atoms with Gasteiger partial charge in [0.1, 0.15) is 6.04 Å². The number of hydrogen-bond donors (Lipinski definition) is 1. The van der Waals surface area contributed by atoms with Gasteiger partial charge in [0, 0.05) is 29.4 Å². The van der Waals surface area contributed by atoms with Gasteiger partial charge in [0.25, 0.3) is 0 Å². The monoisotopic (exact) mass is 241 g/mol. The molecule has 1 N–H and O–H groups in total. The quantitative estimate of drug-likeness (QED) is 0.547. The average Bonchev–Trinajstić information content (AvgIpc) is 2.13. The molecular weight excluding hydrogens is 233 g/mol. The van der Waals surface area contributed by atoms with Crippen LogP contribution in [0.15, 0.2) is 0 Å². The number of aliphatic carboxylic acids is 1. The van der Waals surface area contributed by atoms with Crippen LogP contribution in [0.4, 0.5) is 0 Å². The lowest BCUT2D eigenvalue weighted by Gasteiger charge is -2.10. The Kier molecular flexibility index (Phi) is 2.29. The minimum Gasteiger partial charge on any atom is -0.480 e. The van der Waals surface area contributed by atoms with Gasteiger partial charge in [-0.15, -0.1) is 0 Å². The number of carboxylic acid groups (broad SMARTS) is 1. The van der Waals surface area contributed by atoms with Crippen LogP contribution in [0, 0.1) is 0 Å². The van der Waals surface area contributed by atoms with Crippen LogP contribution < -0.4 is 0 Å². The molecule has 1 aliphatic rings. The fourth-order valence-corrected chi connectivity index (χ4v) is 1.83. The van der Waals surface area contributed by atoms with Gasteiger partial charge in [0.05, 0.1) is 0 Å². The van der Waals surface area contributed by atoms with E-state index in [-0.39, 0.29) is 6.04 Å². The molecule has 1 fully saturated rings. The second-order valence-corrected chi connectivity index (χ2v) is 3.36. The van der Waals surface area contributed by atoms with Crippen molar-refractivity contribution in [3.63, 3.8) is 0 Å². The summed E-state index contributed by atoms with van der Waals surface area (Å²) in [6.45, 7) is 0.914.